The van der Waals surface area contributed by atoms with Crippen LogP contribution >= 0.6 is 23.2 Å². The Morgan fingerprint density at radius 3 is 1.38 bits per heavy atom. The zero-order valence-corrected chi connectivity index (χ0v) is 26.9. The lowest BCUT2D eigenvalue weighted by molar-refractivity contribution is 0.0683. The first-order valence-electron chi connectivity index (χ1n) is 14.8. The molecule has 0 unspecified atom stereocenters. The largest absolute Gasteiger partial charge is 0.493 e. The Kier molecular flexibility index (Phi) is 9.58. The summed E-state index contributed by atoms with van der Waals surface area (Å²) in [6, 6.07) is 15.5. The fourth-order valence-electron chi connectivity index (χ4n) is 5.23. The molecule has 0 fully saturated rings. The molecule has 6 aromatic rings. The molecule has 14 heteroatoms. The number of benzene rings is 4. The molecule has 4 aromatic carbocycles. The van der Waals surface area contributed by atoms with Crippen LogP contribution in [0, 0.1) is 11.6 Å². The molecule has 6 rings (SSSR count). The fraction of sp³-hybridized carbons (Fsp3) is 0.111. The quantitative estimate of drug-likeness (QED) is 0.125. The first-order chi connectivity index (χ1) is 23.9. The van der Waals surface area contributed by atoms with E-state index < -0.39 is 57.1 Å². The lowest BCUT2D eigenvalue weighted by Crippen LogP contribution is -2.16. The van der Waals surface area contributed by atoms with E-state index in [1.165, 1.54) is 60.7 Å². The summed E-state index contributed by atoms with van der Waals surface area (Å²) in [5, 5.41) is 19.8. The van der Waals surface area contributed by atoms with Crippen molar-refractivity contribution < 1.29 is 46.9 Å². The summed E-state index contributed by atoms with van der Waals surface area (Å²) in [5.41, 5.74) is -3.66. The van der Waals surface area contributed by atoms with Gasteiger partial charge in [0.25, 0.3) is 0 Å². The Labute approximate surface area is 289 Å². The highest BCUT2D eigenvalue weighted by molar-refractivity contribution is 6.31. The molecule has 2 N–H and O–H groups in total. The van der Waals surface area contributed by atoms with Gasteiger partial charge < -0.3 is 28.5 Å². The lowest BCUT2D eigenvalue weighted by atomic mass is 10.0. The number of carboxylic acid groups (broad SMARTS) is 2. The zero-order chi connectivity index (χ0) is 35.7. The van der Waals surface area contributed by atoms with Gasteiger partial charge in [0.05, 0.1) is 35.1 Å². The summed E-state index contributed by atoms with van der Waals surface area (Å²) in [5.74, 6) is -5.58. The zero-order valence-electron chi connectivity index (χ0n) is 25.4. The number of hydrogen-bond acceptors (Lipinski definition) is 8. The summed E-state index contributed by atoms with van der Waals surface area (Å²) in [4.78, 5) is 49.5. The second-order valence-electron chi connectivity index (χ2n) is 10.8. The number of fused-ring (bicyclic) bond motifs is 2. The third-order valence-electron chi connectivity index (χ3n) is 7.58. The van der Waals surface area contributed by atoms with Crippen LogP contribution in [0.5, 0.6) is 11.5 Å². The van der Waals surface area contributed by atoms with Gasteiger partial charge in [-0.3, -0.25) is 9.59 Å². The highest BCUT2D eigenvalue weighted by Crippen LogP contribution is 2.33. The van der Waals surface area contributed by atoms with Crippen molar-refractivity contribution in [1.29, 1.82) is 0 Å². The Hall–Kier alpha value is -5.72. The first-order valence-corrected chi connectivity index (χ1v) is 15.5. The first kappa shape index (κ1) is 34.2. The van der Waals surface area contributed by atoms with E-state index in [2.05, 4.69) is 0 Å². The van der Waals surface area contributed by atoms with Crippen molar-refractivity contribution in [3.63, 3.8) is 0 Å². The third-order valence-corrected chi connectivity index (χ3v) is 8.05. The van der Waals surface area contributed by atoms with Crippen molar-refractivity contribution in [3.05, 3.63) is 126 Å². The maximum absolute atomic E-state index is 15.2. The molecule has 0 bridgehead atoms. The van der Waals surface area contributed by atoms with E-state index in [1.54, 1.807) is 0 Å². The number of halogens is 4. The Morgan fingerprint density at radius 1 is 0.620 bits per heavy atom. The Morgan fingerprint density at radius 2 is 1.02 bits per heavy atom. The van der Waals surface area contributed by atoms with Gasteiger partial charge in [-0.1, -0.05) is 23.2 Å². The van der Waals surface area contributed by atoms with Crippen molar-refractivity contribution >= 4 is 57.1 Å². The molecule has 0 amide bonds. The van der Waals surface area contributed by atoms with E-state index >= 15 is 8.78 Å². The van der Waals surface area contributed by atoms with Crippen LogP contribution in [0.1, 0.15) is 33.6 Å². The molecule has 254 valence electrons. The van der Waals surface area contributed by atoms with Gasteiger partial charge in [-0.2, -0.15) is 0 Å². The number of ether oxygens (including phenoxy) is 2. The number of aromatic carboxylic acids is 2. The molecule has 50 heavy (non-hydrogen) atoms. The Bertz CT molecular complexity index is 2290. The topological polar surface area (TPSA) is 153 Å². The monoisotopic (exact) mass is 722 g/mol. The van der Waals surface area contributed by atoms with Crippen molar-refractivity contribution in [1.82, 2.24) is 0 Å². The predicted molar refractivity (Wildman–Crippen MR) is 180 cm³/mol. The normalized spacial score (nSPS) is 11.2. The van der Waals surface area contributed by atoms with Gasteiger partial charge >= 0.3 is 11.9 Å². The maximum atomic E-state index is 15.2. The fourth-order valence-corrected chi connectivity index (χ4v) is 5.55. The van der Waals surface area contributed by atoms with Crippen LogP contribution in [0.25, 0.3) is 44.6 Å². The van der Waals surface area contributed by atoms with Crippen LogP contribution in [-0.4, -0.2) is 35.4 Å². The molecule has 0 atom stereocenters. The number of carboxylic acids is 2. The number of carbonyl (C=O) groups is 2. The van der Waals surface area contributed by atoms with E-state index in [0.717, 1.165) is 12.1 Å². The van der Waals surface area contributed by atoms with Crippen LogP contribution in [-0.2, 0) is 0 Å². The van der Waals surface area contributed by atoms with Crippen LogP contribution in [0.2, 0.25) is 10.0 Å². The van der Waals surface area contributed by atoms with E-state index in [4.69, 9.17) is 41.5 Å². The van der Waals surface area contributed by atoms with Crippen LogP contribution in [0.15, 0.2) is 91.2 Å². The van der Waals surface area contributed by atoms with Gasteiger partial charge in [-0.05, 0) is 61.4 Å². The summed E-state index contributed by atoms with van der Waals surface area (Å²) in [7, 11) is 0. The summed E-state index contributed by atoms with van der Waals surface area (Å²) in [6.07, 6.45) is 0.889. The molecule has 0 radical (unpaired) electrons. The molecule has 10 nitrogen and oxygen atoms in total. The van der Waals surface area contributed by atoms with E-state index in [9.17, 15) is 29.4 Å². The predicted octanol–water partition coefficient (Wildman–Crippen LogP) is 8.45. The van der Waals surface area contributed by atoms with E-state index in [-0.39, 0.29) is 67.8 Å². The van der Waals surface area contributed by atoms with Gasteiger partial charge in [0.2, 0.25) is 10.9 Å². The summed E-state index contributed by atoms with van der Waals surface area (Å²) >= 11 is 12.0. The van der Waals surface area contributed by atoms with Crippen LogP contribution in [0.4, 0.5) is 8.78 Å². The molecular weight excluding hydrogens is 701 g/mol. The lowest BCUT2D eigenvalue weighted by Gasteiger charge is -2.12. The number of unbranched alkanes of at least 4 members (excludes halogenated alkanes) is 1. The molecule has 0 saturated carbocycles. The third kappa shape index (κ3) is 6.75. The van der Waals surface area contributed by atoms with Crippen molar-refractivity contribution in [2.75, 3.05) is 13.2 Å². The van der Waals surface area contributed by atoms with Crippen LogP contribution < -0.4 is 20.3 Å². The molecule has 2 aromatic heterocycles. The summed E-state index contributed by atoms with van der Waals surface area (Å²) in [6.45, 7) is 0.282. The highest BCUT2D eigenvalue weighted by Gasteiger charge is 2.26. The molecule has 0 aliphatic heterocycles. The van der Waals surface area contributed by atoms with E-state index in [1.807, 2.05) is 0 Å². The summed E-state index contributed by atoms with van der Waals surface area (Å²) < 4.78 is 52.8. The number of hydrogen-bond donors (Lipinski definition) is 2. The highest BCUT2D eigenvalue weighted by atomic mass is 35.5. The number of rotatable bonds is 11. The molecule has 0 saturated heterocycles. The van der Waals surface area contributed by atoms with Gasteiger partial charge in [0.1, 0.15) is 34.3 Å². The van der Waals surface area contributed by atoms with Crippen molar-refractivity contribution in [3.8, 4) is 34.1 Å². The second-order valence-corrected chi connectivity index (χ2v) is 11.7. The minimum absolute atomic E-state index is 0.000480. The molecule has 0 spiro atoms. The SMILES string of the molecule is O=C(O)c1c(-c2ccc(OCCCCOc3ccc(-c4oc5cc(Cl)ccc5c(=O)c4C(=O)O)c(F)c3)cc2F)oc2cc(Cl)ccc2c1=O. The van der Waals surface area contributed by atoms with Crippen molar-refractivity contribution in [2.45, 2.75) is 12.8 Å². The second kappa shape index (κ2) is 14.0. The average Bonchev–Trinajstić information content (AvgIpc) is 3.05. The standard InChI is InChI=1S/C36H22Cl2F2O10/c37-17-3-7-23-27(13-17)49-33(29(31(23)41)35(43)44)21-9-5-19(15-25(21)39)47-11-1-2-12-48-20-6-10-22(26(40)16-20)34-30(36(45)46)32(42)24-8-4-18(38)14-28(24)50-34/h3-10,13-16H,1-2,11-12H2,(H,43,44)(H,45,46). The van der Waals surface area contributed by atoms with Crippen LogP contribution in [0.3, 0.4) is 0 Å². The van der Waals surface area contributed by atoms with Crippen molar-refractivity contribution in [2.24, 2.45) is 0 Å². The van der Waals surface area contributed by atoms with Gasteiger partial charge in [0, 0.05) is 34.3 Å². The average molecular weight is 723 g/mol. The minimum atomic E-state index is -1.58. The maximum Gasteiger partial charge on any atom is 0.343 e. The minimum Gasteiger partial charge on any atom is -0.493 e. The smallest absolute Gasteiger partial charge is 0.343 e. The van der Waals surface area contributed by atoms with Gasteiger partial charge in [-0.25, -0.2) is 18.4 Å². The van der Waals surface area contributed by atoms with Gasteiger partial charge in [0.15, 0.2) is 22.6 Å². The molecule has 0 aliphatic carbocycles. The Balaban J connectivity index is 1.08. The molecule has 2 heterocycles. The van der Waals surface area contributed by atoms with Gasteiger partial charge in [-0.15, -0.1) is 0 Å². The molecule has 0 aliphatic rings. The van der Waals surface area contributed by atoms with E-state index in [0.29, 0.717) is 12.8 Å². The molecular formula is C36H22Cl2F2O10.